The van der Waals surface area contributed by atoms with Gasteiger partial charge in [0.1, 0.15) is 6.61 Å². The molecule has 0 atom stereocenters. The van der Waals surface area contributed by atoms with Crippen LogP contribution >= 0.6 is 0 Å². The summed E-state index contributed by atoms with van der Waals surface area (Å²) in [5.41, 5.74) is 0.980. The Kier molecular flexibility index (Phi) is 10.3. The Bertz CT molecular complexity index is 596. The highest BCUT2D eigenvalue weighted by molar-refractivity contribution is 7.86. The molecule has 0 unspecified atom stereocenters. The van der Waals surface area contributed by atoms with Gasteiger partial charge in [-0.15, -0.1) is 0 Å². The molecule has 0 spiro atoms. The summed E-state index contributed by atoms with van der Waals surface area (Å²) in [4.78, 5) is 11.2. The number of rotatable bonds is 13. The Morgan fingerprint density at radius 2 is 1.60 bits per heavy atom. The Balaban J connectivity index is 2.03. The lowest BCUT2D eigenvalue weighted by Gasteiger charge is -2.07. The van der Waals surface area contributed by atoms with Crippen LogP contribution in [0, 0.1) is 6.92 Å². The molecule has 0 saturated carbocycles. The number of hydrogen-bond acceptors (Lipinski definition) is 7. The molecular formula is C17H26O7S. The maximum atomic E-state index is 11.9. The van der Waals surface area contributed by atoms with Crippen LogP contribution in [-0.2, 0) is 33.3 Å². The molecule has 0 amide bonds. The number of carbonyl (C=O) groups excluding carboxylic acids is 1. The smallest absolute Gasteiger partial charge is 0.332 e. The molecule has 0 aliphatic rings. The van der Waals surface area contributed by atoms with E-state index in [1.165, 1.54) is 12.1 Å². The van der Waals surface area contributed by atoms with Crippen molar-refractivity contribution in [3.8, 4) is 0 Å². The van der Waals surface area contributed by atoms with Crippen LogP contribution in [0.25, 0.3) is 0 Å². The molecule has 0 aliphatic heterocycles. The molecule has 0 saturated heterocycles. The van der Waals surface area contributed by atoms with Crippen molar-refractivity contribution in [2.75, 3.05) is 39.6 Å². The summed E-state index contributed by atoms with van der Waals surface area (Å²) in [6.07, 6.45) is 1.48. The van der Waals surface area contributed by atoms with Gasteiger partial charge in [-0.05, 0) is 38.8 Å². The van der Waals surface area contributed by atoms with Crippen LogP contribution in [0.2, 0.25) is 0 Å². The number of aryl methyl sites for hydroxylation is 1. The Hall–Kier alpha value is -1.48. The van der Waals surface area contributed by atoms with Crippen LogP contribution < -0.4 is 0 Å². The summed E-state index contributed by atoms with van der Waals surface area (Å²) in [6, 6.07) is 6.47. The lowest BCUT2D eigenvalue weighted by molar-refractivity contribution is -0.148. The molecule has 1 aromatic carbocycles. The van der Waals surface area contributed by atoms with Gasteiger partial charge >= 0.3 is 5.97 Å². The molecule has 0 N–H and O–H groups in total. The third-order valence-electron chi connectivity index (χ3n) is 3.13. The van der Waals surface area contributed by atoms with Crippen molar-refractivity contribution in [1.82, 2.24) is 0 Å². The first-order valence-corrected chi connectivity index (χ1v) is 9.63. The molecule has 7 nitrogen and oxygen atoms in total. The average Bonchev–Trinajstić information content (AvgIpc) is 2.57. The molecule has 0 heterocycles. The van der Waals surface area contributed by atoms with Gasteiger partial charge in [0, 0.05) is 13.2 Å². The van der Waals surface area contributed by atoms with Crippen LogP contribution in [0.1, 0.15) is 25.3 Å². The molecule has 0 aromatic heterocycles. The van der Waals surface area contributed by atoms with Crippen molar-refractivity contribution < 1.29 is 31.6 Å². The summed E-state index contributed by atoms with van der Waals surface area (Å²) in [6.45, 7) is 5.00. The quantitative estimate of drug-likeness (QED) is 0.297. The van der Waals surface area contributed by atoms with Gasteiger partial charge in [0.05, 0.1) is 24.7 Å². The number of ether oxygens (including phenoxy) is 3. The summed E-state index contributed by atoms with van der Waals surface area (Å²) in [7, 11) is -3.74. The van der Waals surface area contributed by atoms with Gasteiger partial charge in [-0.1, -0.05) is 17.7 Å². The monoisotopic (exact) mass is 374 g/mol. The van der Waals surface area contributed by atoms with Gasteiger partial charge < -0.3 is 14.2 Å². The van der Waals surface area contributed by atoms with Crippen LogP contribution in [0.5, 0.6) is 0 Å². The van der Waals surface area contributed by atoms with Crippen LogP contribution in [0.15, 0.2) is 29.2 Å². The SMILES string of the molecule is CCOC(=O)COCCCCOCCOS(=O)(=O)c1ccc(C)cc1. The van der Waals surface area contributed by atoms with Crippen molar-refractivity contribution in [1.29, 1.82) is 0 Å². The van der Waals surface area contributed by atoms with Gasteiger partial charge in [-0.3, -0.25) is 4.18 Å². The van der Waals surface area contributed by atoms with Crippen LogP contribution in [0.4, 0.5) is 0 Å². The van der Waals surface area contributed by atoms with Gasteiger partial charge in [0.25, 0.3) is 10.1 Å². The number of hydrogen-bond donors (Lipinski definition) is 0. The van der Waals surface area contributed by atoms with E-state index in [-0.39, 0.29) is 30.7 Å². The van der Waals surface area contributed by atoms with E-state index in [9.17, 15) is 13.2 Å². The highest BCUT2D eigenvalue weighted by atomic mass is 32.2. The molecular weight excluding hydrogens is 348 g/mol. The van der Waals surface area contributed by atoms with Gasteiger partial charge in [-0.2, -0.15) is 8.42 Å². The van der Waals surface area contributed by atoms with E-state index in [4.69, 9.17) is 18.4 Å². The van der Waals surface area contributed by atoms with Crippen molar-refractivity contribution in [2.45, 2.75) is 31.6 Å². The highest BCUT2D eigenvalue weighted by Gasteiger charge is 2.14. The van der Waals surface area contributed by atoms with E-state index >= 15 is 0 Å². The average molecular weight is 374 g/mol. The minimum absolute atomic E-state index is 0.0322. The minimum atomic E-state index is -3.74. The number of carbonyl (C=O) groups is 1. The molecule has 0 aliphatic carbocycles. The molecule has 1 rings (SSSR count). The zero-order valence-electron chi connectivity index (χ0n) is 14.7. The standard InChI is InChI=1S/C17H26O7S/c1-3-23-17(18)14-22-11-5-4-10-21-12-13-24-25(19,20)16-8-6-15(2)7-9-16/h6-9H,3-5,10-14H2,1-2H3. The predicted molar refractivity (Wildman–Crippen MR) is 91.8 cm³/mol. The Labute approximate surface area is 149 Å². The van der Waals surface area contributed by atoms with Crippen LogP contribution in [0.3, 0.4) is 0 Å². The zero-order valence-corrected chi connectivity index (χ0v) is 15.5. The van der Waals surface area contributed by atoms with Crippen molar-refractivity contribution in [2.24, 2.45) is 0 Å². The van der Waals surface area contributed by atoms with Crippen LogP contribution in [-0.4, -0.2) is 54.0 Å². The first-order chi connectivity index (χ1) is 12.0. The molecule has 1 aromatic rings. The van der Waals surface area contributed by atoms with E-state index in [2.05, 4.69) is 0 Å². The van der Waals surface area contributed by atoms with Gasteiger partial charge in [0.2, 0.25) is 0 Å². The fourth-order valence-electron chi connectivity index (χ4n) is 1.84. The van der Waals surface area contributed by atoms with Gasteiger partial charge in [-0.25, -0.2) is 4.79 Å². The second kappa shape index (κ2) is 12.0. The molecule has 142 valence electrons. The molecule has 0 bridgehead atoms. The second-order valence-corrected chi connectivity index (χ2v) is 6.88. The van der Waals surface area contributed by atoms with Crippen molar-refractivity contribution in [3.63, 3.8) is 0 Å². The molecule has 0 fully saturated rings. The predicted octanol–water partition coefficient (Wildman–Crippen LogP) is 2.08. The first kappa shape index (κ1) is 21.6. The number of esters is 1. The van der Waals surface area contributed by atoms with Crippen molar-refractivity contribution in [3.05, 3.63) is 29.8 Å². The second-order valence-electron chi connectivity index (χ2n) is 5.27. The topological polar surface area (TPSA) is 88.1 Å². The van der Waals surface area contributed by atoms with Gasteiger partial charge in [0.15, 0.2) is 0 Å². The van der Waals surface area contributed by atoms with E-state index < -0.39 is 10.1 Å². The Morgan fingerprint density at radius 3 is 2.24 bits per heavy atom. The number of unbranched alkanes of at least 4 members (excludes halogenated alkanes) is 1. The summed E-state index contributed by atoms with van der Waals surface area (Å²) < 4.78 is 43.9. The fourth-order valence-corrected chi connectivity index (χ4v) is 2.74. The fraction of sp³-hybridized carbons (Fsp3) is 0.588. The third kappa shape index (κ3) is 9.54. The highest BCUT2D eigenvalue weighted by Crippen LogP contribution is 2.12. The maximum absolute atomic E-state index is 11.9. The van der Waals surface area contributed by atoms with E-state index in [1.807, 2.05) is 6.92 Å². The summed E-state index contributed by atoms with van der Waals surface area (Å²) in [5.74, 6) is -0.370. The lowest BCUT2D eigenvalue weighted by atomic mass is 10.2. The first-order valence-electron chi connectivity index (χ1n) is 8.23. The maximum Gasteiger partial charge on any atom is 0.332 e. The van der Waals surface area contributed by atoms with E-state index in [1.54, 1.807) is 19.1 Å². The third-order valence-corrected chi connectivity index (χ3v) is 4.45. The summed E-state index contributed by atoms with van der Waals surface area (Å²) >= 11 is 0. The molecule has 25 heavy (non-hydrogen) atoms. The van der Waals surface area contributed by atoms with Crippen molar-refractivity contribution >= 4 is 16.1 Å². The zero-order chi connectivity index (χ0) is 18.5. The summed E-state index contributed by atoms with van der Waals surface area (Å²) in [5, 5.41) is 0. The number of benzene rings is 1. The van der Waals surface area contributed by atoms with E-state index in [0.717, 1.165) is 18.4 Å². The lowest BCUT2D eigenvalue weighted by Crippen LogP contribution is -2.13. The largest absolute Gasteiger partial charge is 0.464 e. The normalized spacial score (nSPS) is 11.4. The molecule has 0 radical (unpaired) electrons. The minimum Gasteiger partial charge on any atom is -0.464 e. The molecule has 8 heteroatoms. The van der Waals surface area contributed by atoms with E-state index in [0.29, 0.717) is 19.8 Å². The Morgan fingerprint density at radius 1 is 0.960 bits per heavy atom.